The van der Waals surface area contributed by atoms with Gasteiger partial charge in [-0.1, -0.05) is 35.4 Å². The van der Waals surface area contributed by atoms with Crippen molar-refractivity contribution in [3.05, 3.63) is 74.9 Å². The molecule has 0 saturated carbocycles. The van der Waals surface area contributed by atoms with Crippen LogP contribution in [-0.2, 0) is 14.9 Å². The Morgan fingerprint density at radius 1 is 1.04 bits per heavy atom. The minimum absolute atomic E-state index is 0.152. The third-order valence-electron chi connectivity index (χ3n) is 5.16. The van der Waals surface area contributed by atoms with E-state index < -0.39 is 5.41 Å². The van der Waals surface area contributed by atoms with Gasteiger partial charge in [-0.3, -0.25) is 9.59 Å². The average molecular weight is 378 g/mol. The SMILES string of the molecule is COC1=Cc2oc3ccccc3c(=O)c2C(CC=C(C)C)(CC=C(C)C)C1=O. The molecule has 28 heavy (non-hydrogen) atoms. The van der Waals surface area contributed by atoms with Gasteiger partial charge in [0.1, 0.15) is 11.3 Å². The van der Waals surface area contributed by atoms with Gasteiger partial charge in [-0.05, 0) is 52.7 Å². The Kier molecular flexibility index (Phi) is 5.41. The Labute approximate surface area is 165 Å². The van der Waals surface area contributed by atoms with Crippen LogP contribution in [-0.4, -0.2) is 12.9 Å². The van der Waals surface area contributed by atoms with E-state index in [1.165, 1.54) is 7.11 Å². The van der Waals surface area contributed by atoms with E-state index in [0.717, 1.165) is 11.1 Å². The Morgan fingerprint density at radius 2 is 1.64 bits per heavy atom. The highest BCUT2D eigenvalue weighted by molar-refractivity contribution is 6.08. The standard InChI is InChI=1S/C24H26O4/c1-15(2)10-12-24(13-11-16(3)4)21-19(14-20(27-5)23(24)26)28-18-9-7-6-8-17(18)22(21)25/h6-11,14H,12-13H2,1-5H3. The van der Waals surface area contributed by atoms with Crippen molar-refractivity contribution in [2.45, 2.75) is 46.0 Å². The lowest BCUT2D eigenvalue weighted by Gasteiger charge is -2.34. The Hall–Kier alpha value is -2.88. The molecule has 0 atom stereocenters. The summed E-state index contributed by atoms with van der Waals surface area (Å²) in [5, 5.41) is 0.488. The summed E-state index contributed by atoms with van der Waals surface area (Å²) in [6, 6.07) is 7.14. The third kappa shape index (κ3) is 3.35. The number of rotatable bonds is 5. The highest BCUT2D eigenvalue weighted by atomic mass is 16.5. The van der Waals surface area contributed by atoms with Gasteiger partial charge in [0.05, 0.1) is 23.5 Å². The van der Waals surface area contributed by atoms with E-state index in [0.29, 0.717) is 35.1 Å². The van der Waals surface area contributed by atoms with Gasteiger partial charge in [0.15, 0.2) is 11.2 Å². The predicted molar refractivity (Wildman–Crippen MR) is 112 cm³/mol. The number of para-hydroxylation sites is 1. The summed E-state index contributed by atoms with van der Waals surface area (Å²) in [6.07, 6.45) is 6.39. The van der Waals surface area contributed by atoms with Crippen LogP contribution in [0.2, 0.25) is 0 Å². The molecule has 1 aromatic heterocycles. The van der Waals surface area contributed by atoms with Crippen molar-refractivity contribution in [3.63, 3.8) is 0 Å². The summed E-state index contributed by atoms with van der Waals surface area (Å²) in [5.41, 5.74) is 1.90. The molecular formula is C24H26O4. The van der Waals surface area contributed by atoms with Crippen molar-refractivity contribution in [1.29, 1.82) is 0 Å². The minimum atomic E-state index is -1.05. The number of ketones is 1. The van der Waals surface area contributed by atoms with E-state index in [2.05, 4.69) is 0 Å². The molecule has 4 nitrogen and oxygen atoms in total. The fraction of sp³-hybridized carbons (Fsp3) is 0.333. The molecule has 2 aromatic rings. The summed E-state index contributed by atoms with van der Waals surface area (Å²) in [5.74, 6) is 0.444. The van der Waals surface area contributed by atoms with Crippen LogP contribution in [0.25, 0.3) is 17.0 Å². The molecular weight excluding hydrogens is 352 g/mol. The van der Waals surface area contributed by atoms with Crippen molar-refractivity contribution < 1.29 is 13.9 Å². The zero-order valence-electron chi connectivity index (χ0n) is 17.1. The first kappa shape index (κ1) is 19.9. The van der Waals surface area contributed by atoms with Crippen LogP contribution in [0.3, 0.4) is 0 Å². The van der Waals surface area contributed by atoms with Crippen molar-refractivity contribution >= 4 is 22.8 Å². The molecule has 1 aliphatic rings. The summed E-state index contributed by atoms with van der Waals surface area (Å²) >= 11 is 0. The lowest BCUT2D eigenvalue weighted by atomic mass is 9.67. The maximum atomic E-state index is 13.5. The number of ether oxygens (including phenoxy) is 1. The van der Waals surface area contributed by atoms with Crippen LogP contribution >= 0.6 is 0 Å². The summed E-state index contributed by atoms with van der Waals surface area (Å²) < 4.78 is 11.5. The van der Waals surface area contributed by atoms with Gasteiger partial charge in [-0.2, -0.15) is 0 Å². The van der Waals surface area contributed by atoms with Crippen LogP contribution in [0.1, 0.15) is 51.9 Å². The van der Waals surface area contributed by atoms with E-state index in [1.54, 1.807) is 24.3 Å². The lowest BCUT2D eigenvalue weighted by molar-refractivity contribution is -0.124. The zero-order valence-corrected chi connectivity index (χ0v) is 17.1. The second-order valence-electron chi connectivity index (χ2n) is 7.76. The van der Waals surface area contributed by atoms with Gasteiger partial charge < -0.3 is 9.15 Å². The molecule has 1 aliphatic carbocycles. The number of carbonyl (C=O) groups excluding carboxylic acids is 1. The quantitative estimate of drug-likeness (QED) is 0.661. The highest BCUT2D eigenvalue weighted by Crippen LogP contribution is 2.42. The lowest BCUT2D eigenvalue weighted by Crippen LogP contribution is -2.43. The molecule has 0 radical (unpaired) electrons. The van der Waals surface area contributed by atoms with E-state index in [-0.39, 0.29) is 17.0 Å². The molecule has 0 N–H and O–H groups in total. The van der Waals surface area contributed by atoms with Gasteiger partial charge in [0.25, 0.3) is 0 Å². The Morgan fingerprint density at radius 3 is 2.21 bits per heavy atom. The number of benzene rings is 1. The van der Waals surface area contributed by atoms with E-state index in [9.17, 15) is 9.59 Å². The van der Waals surface area contributed by atoms with Crippen LogP contribution in [0, 0.1) is 0 Å². The molecule has 0 aliphatic heterocycles. The van der Waals surface area contributed by atoms with Crippen molar-refractivity contribution in [3.8, 4) is 0 Å². The molecule has 0 fully saturated rings. The second kappa shape index (κ2) is 7.63. The second-order valence-corrected chi connectivity index (χ2v) is 7.76. The highest BCUT2D eigenvalue weighted by Gasteiger charge is 2.47. The summed E-state index contributed by atoms with van der Waals surface area (Å²) in [7, 11) is 1.47. The number of fused-ring (bicyclic) bond motifs is 2. The number of hydrogen-bond acceptors (Lipinski definition) is 4. The maximum Gasteiger partial charge on any atom is 0.208 e. The normalized spacial score (nSPS) is 14.9. The number of carbonyl (C=O) groups is 1. The Bertz CT molecular complexity index is 1050. The largest absolute Gasteiger partial charge is 0.493 e. The van der Waals surface area contributed by atoms with E-state index >= 15 is 0 Å². The number of hydrogen-bond donors (Lipinski definition) is 0. The first-order valence-corrected chi connectivity index (χ1v) is 9.43. The molecule has 0 spiro atoms. The first-order valence-electron chi connectivity index (χ1n) is 9.43. The van der Waals surface area contributed by atoms with Gasteiger partial charge in [0.2, 0.25) is 5.78 Å². The van der Waals surface area contributed by atoms with Gasteiger partial charge in [-0.15, -0.1) is 0 Å². The third-order valence-corrected chi connectivity index (χ3v) is 5.16. The van der Waals surface area contributed by atoms with Crippen LogP contribution < -0.4 is 5.43 Å². The summed E-state index contributed by atoms with van der Waals surface area (Å²) in [4.78, 5) is 27.0. The van der Waals surface area contributed by atoms with E-state index in [4.69, 9.17) is 9.15 Å². The number of Topliss-reactive ketones (excluding diaryl/α,β-unsaturated/α-hetero) is 1. The van der Waals surface area contributed by atoms with Crippen LogP contribution in [0.15, 0.2) is 62.5 Å². The zero-order chi connectivity index (χ0) is 20.5. The fourth-order valence-corrected chi connectivity index (χ4v) is 3.63. The minimum Gasteiger partial charge on any atom is -0.493 e. The molecule has 0 unspecified atom stereocenters. The Balaban J connectivity index is 2.41. The summed E-state index contributed by atoms with van der Waals surface area (Å²) in [6.45, 7) is 7.94. The molecule has 0 amide bonds. The fourth-order valence-electron chi connectivity index (χ4n) is 3.63. The molecule has 4 heteroatoms. The molecule has 1 heterocycles. The topological polar surface area (TPSA) is 56.5 Å². The number of allylic oxidation sites excluding steroid dienone is 5. The van der Waals surface area contributed by atoms with Crippen LogP contribution in [0.5, 0.6) is 0 Å². The monoisotopic (exact) mass is 378 g/mol. The van der Waals surface area contributed by atoms with Crippen molar-refractivity contribution in [2.24, 2.45) is 0 Å². The first-order chi connectivity index (χ1) is 13.3. The van der Waals surface area contributed by atoms with Gasteiger partial charge in [-0.25, -0.2) is 0 Å². The van der Waals surface area contributed by atoms with E-state index in [1.807, 2.05) is 45.9 Å². The molecule has 1 aromatic carbocycles. The number of methoxy groups -OCH3 is 1. The van der Waals surface area contributed by atoms with Crippen molar-refractivity contribution in [1.82, 2.24) is 0 Å². The molecule has 0 bridgehead atoms. The molecule has 0 saturated heterocycles. The van der Waals surface area contributed by atoms with Crippen molar-refractivity contribution in [2.75, 3.05) is 7.11 Å². The molecule has 146 valence electrons. The average Bonchev–Trinajstić information content (AvgIpc) is 2.66. The smallest absolute Gasteiger partial charge is 0.208 e. The van der Waals surface area contributed by atoms with Crippen LogP contribution in [0.4, 0.5) is 0 Å². The maximum absolute atomic E-state index is 13.5. The predicted octanol–water partition coefficient (Wildman–Crippen LogP) is 5.31. The molecule has 3 rings (SSSR count). The van der Waals surface area contributed by atoms with Gasteiger partial charge in [0, 0.05) is 6.08 Å². The van der Waals surface area contributed by atoms with Gasteiger partial charge >= 0.3 is 0 Å².